The Kier molecular flexibility index (Phi) is 8.01. The summed E-state index contributed by atoms with van der Waals surface area (Å²) in [6, 6.07) is 13.4. The molecule has 182 valence electrons. The fraction of sp³-hybridized carbons (Fsp3) is 0.261. The summed E-state index contributed by atoms with van der Waals surface area (Å²) in [5.41, 5.74) is 4.77. The fourth-order valence-electron chi connectivity index (χ4n) is 3.02. The number of rotatable bonds is 9. The third-order valence-electron chi connectivity index (χ3n) is 4.79. The number of nitrogens with zero attached hydrogens (tertiary/aromatic N) is 2. The van der Waals surface area contributed by atoms with Crippen molar-refractivity contribution in [3.05, 3.63) is 77.2 Å². The van der Waals surface area contributed by atoms with Crippen LogP contribution in [0.2, 0.25) is 0 Å². The topological polar surface area (TPSA) is 88.9 Å². The summed E-state index contributed by atoms with van der Waals surface area (Å²) in [5.74, 6) is 0.770. The number of aliphatic imine (C=N–C) groups is 1. The molecule has 11 heteroatoms. The van der Waals surface area contributed by atoms with Crippen LogP contribution in [0, 0.1) is 0 Å². The van der Waals surface area contributed by atoms with Crippen molar-refractivity contribution >= 4 is 26.9 Å². The minimum Gasteiger partial charge on any atom is -0.468 e. The molecule has 0 aliphatic rings. The number of allylic oxidation sites excluding steroid dienone is 2. The molecule has 0 saturated heterocycles. The lowest BCUT2D eigenvalue weighted by Crippen LogP contribution is -2.22. The van der Waals surface area contributed by atoms with E-state index in [1.807, 2.05) is 18.0 Å². The van der Waals surface area contributed by atoms with Gasteiger partial charge in [-0.3, -0.25) is 9.89 Å². The highest BCUT2D eigenvalue weighted by Gasteiger charge is 2.32. The summed E-state index contributed by atoms with van der Waals surface area (Å²) in [5, 5.41) is 0. The van der Waals surface area contributed by atoms with Crippen LogP contribution < -0.4 is 5.73 Å². The van der Waals surface area contributed by atoms with Crippen LogP contribution in [0.1, 0.15) is 10.6 Å². The molecule has 0 fully saturated rings. The van der Waals surface area contributed by atoms with Crippen LogP contribution in [0.4, 0.5) is 13.2 Å². The van der Waals surface area contributed by atoms with Crippen LogP contribution in [-0.2, 0) is 16.4 Å². The molecular formula is C23H24F3N3O3S2. The SMILES string of the molecule is CN(CCN=C(/C=C(\N)C(F)(F)F)c1ccc(-c2cccc(S(C)(=O)=O)c2)s1)Cc1ccco1. The molecular weight excluding hydrogens is 487 g/mol. The van der Waals surface area contributed by atoms with Gasteiger partial charge in [0.1, 0.15) is 11.5 Å². The van der Waals surface area contributed by atoms with Crippen molar-refractivity contribution in [2.24, 2.45) is 10.7 Å². The number of furan rings is 1. The monoisotopic (exact) mass is 511 g/mol. The summed E-state index contributed by atoms with van der Waals surface area (Å²) in [4.78, 5) is 7.67. The number of benzene rings is 1. The summed E-state index contributed by atoms with van der Waals surface area (Å²) in [6.07, 6.45) is -1.16. The first-order valence-electron chi connectivity index (χ1n) is 10.1. The predicted molar refractivity (Wildman–Crippen MR) is 128 cm³/mol. The number of thiophene rings is 1. The quantitative estimate of drug-likeness (QED) is 0.420. The maximum absolute atomic E-state index is 13.1. The van der Waals surface area contributed by atoms with Gasteiger partial charge in [-0.2, -0.15) is 13.2 Å². The summed E-state index contributed by atoms with van der Waals surface area (Å²) >= 11 is 1.21. The number of likely N-dealkylation sites (N-methyl/N-ethyl adjacent to an activating group) is 1. The normalized spacial score (nSPS) is 13.6. The molecule has 0 radical (unpaired) electrons. The van der Waals surface area contributed by atoms with Gasteiger partial charge in [-0.25, -0.2) is 8.42 Å². The first-order chi connectivity index (χ1) is 15.9. The Morgan fingerprint density at radius 2 is 1.97 bits per heavy atom. The minimum atomic E-state index is -4.68. The van der Waals surface area contributed by atoms with E-state index in [-0.39, 0.29) is 17.2 Å². The number of hydrogen-bond donors (Lipinski definition) is 1. The lowest BCUT2D eigenvalue weighted by molar-refractivity contribution is -0.0925. The van der Waals surface area contributed by atoms with Crippen molar-refractivity contribution in [2.45, 2.75) is 17.6 Å². The van der Waals surface area contributed by atoms with Crippen LogP contribution in [0.3, 0.4) is 0 Å². The summed E-state index contributed by atoms with van der Waals surface area (Å²) < 4.78 is 68.3. The first kappa shape index (κ1) is 25.7. The molecule has 6 nitrogen and oxygen atoms in total. The molecule has 3 aromatic rings. The zero-order chi connectivity index (χ0) is 24.9. The van der Waals surface area contributed by atoms with Crippen LogP contribution >= 0.6 is 11.3 Å². The van der Waals surface area contributed by atoms with E-state index in [9.17, 15) is 21.6 Å². The van der Waals surface area contributed by atoms with E-state index in [1.54, 1.807) is 36.6 Å². The van der Waals surface area contributed by atoms with Gasteiger partial charge >= 0.3 is 6.18 Å². The molecule has 1 aromatic carbocycles. The zero-order valence-corrected chi connectivity index (χ0v) is 20.2. The van der Waals surface area contributed by atoms with Crippen molar-refractivity contribution in [3.63, 3.8) is 0 Å². The summed E-state index contributed by atoms with van der Waals surface area (Å²) in [6.45, 7) is 1.27. The Balaban J connectivity index is 1.85. The van der Waals surface area contributed by atoms with Gasteiger partial charge in [0.05, 0.1) is 34.8 Å². The second-order valence-corrected chi connectivity index (χ2v) is 10.7. The van der Waals surface area contributed by atoms with Gasteiger partial charge in [0, 0.05) is 17.7 Å². The Hall–Kier alpha value is -2.89. The molecule has 0 aliphatic heterocycles. The first-order valence-corrected chi connectivity index (χ1v) is 12.8. The van der Waals surface area contributed by atoms with Crippen molar-refractivity contribution in [3.8, 4) is 10.4 Å². The number of alkyl halides is 3. The number of sulfone groups is 1. The van der Waals surface area contributed by atoms with E-state index in [1.165, 1.54) is 23.5 Å². The Bertz CT molecular complexity index is 1280. The van der Waals surface area contributed by atoms with Crippen LogP contribution in [0.15, 0.2) is 80.9 Å². The van der Waals surface area contributed by atoms with Crippen molar-refractivity contribution < 1.29 is 26.0 Å². The van der Waals surface area contributed by atoms with Gasteiger partial charge in [-0.1, -0.05) is 12.1 Å². The van der Waals surface area contributed by atoms with E-state index < -0.39 is 21.7 Å². The van der Waals surface area contributed by atoms with Crippen molar-refractivity contribution in [2.75, 3.05) is 26.4 Å². The van der Waals surface area contributed by atoms with E-state index in [4.69, 9.17) is 10.2 Å². The van der Waals surface area contributed by atoms with E-state index >= 15 is 0 Å². The largest absolute Gasteiger partial charge is 0.468 e. The smallest absolute Gasteiger partial charge is 0.430 e. The molecule has 2 aromatic heterocycles. The van der Waals surface area contributed by atoms with Gasteiger partial charge in [0.15, 0.2) is 9.84 Å². The molecule has 0 unspecified atom stereocenters. The molecule has 2 heterocycles. The van der Waals surface area contributed by atoms with Crippen LogP contribution in [0.25, 0.3) is 10.4 Å². The predicted octanol–water partition coefficient (Wildman–Crippen LogP) is 4.74. The van der Waals surface area contributed by atoms with Crippen molar-refractivity contribution in [1.29, 1.82) is 0 Å². The van der Waals surface area contributed by atoms with E-state index in [0.29, 0.717) is 28.4 Å². The number of nitrogens with two attached hydrogens (primary N) is 1. The number of hydrogen-bond acceptors (Lipinski definition) is 7. The highest BCUT2D eigenvalue weighted by Crippen LogP contribution is 2.31. The fourth-order valence-corrected chi connectivity index (χ4v) is 4.67. The standard InChI is InChI=1S/C23H24F3N3O3S2/c1-29(15-17-6-4-12-32-17)11-10-28-19(14-22(27)23(24,25)26)21-9-8-20(33-21)16-5-3-7-18(13-16)34(2,30)31/h3-9,12-14H,10-11,15,27H2,1-2H3/b22-14-,28-19?. The van der Waals surface area contributed by atoms with Gasteiger partial charge < -0.3 is 10.2 Å². The lowest BCUT2D eigenvalue weighted by atomic mass is 10.2. The second kappa shape index (κ2) is 10.6. The molecule has 2 N–H and O–H groups in total. The van der Waals surface area contributed by atoms with Crippen LogP contribution in [-0.4, -0.2) is 51.6 Å². The Morgan fingerprint density at radius 1 is 1.21 bits per heavy atom. The van der Waals surface area contributed by atoms with Gasteiger partial charge in [-0.05, 0) is 55.1 Å². The average Bonchev–Trinajstić information content (AvgIpc) is 3.44. The van der Waals surface area contributed by atoms with Gasteiger partial charge in [0.25, 0.3) is 0 Å². The maximum atomic E-state index is 13.1. The molecule has 0 amide bonds. The van der Waals surface area contributed by atoms with Gasteiger partial charge in [0.2, 0.25) is 0 Å². The minimum absolute atomic E-state index is 0.108. The molecule has 0 saturated carbocycles. The third kappa shape index (κ3) is 7.05. The maximum Gasteiger partial charge on any atom is 0.430 e. The lowest BCUT2D eigenvalue weighted by Gasteiger charge is -2.13. The molecule has 0 spiro atoms. The Labute approximate surface area is 200 Å². The molecule has 3 rings (SSSR count). The average molecular weight is 512 g/mol. The highest BCUT2D eigenvalue weighted by atomic mass is 32.2. The molecule has 0 aliphatic carbocycles. The van der Waals surface area contributed by atoms with Crippen LogP contribution in [0.5, 0.6) is 0 Å². The molecule has 34 heavy (non-hydrogen) atoms. The third-order valence-corrected chi connectivity index (χ3v) is 7.06. The highest BCUT2D eigenvalue weighted by molar-refractivity contribution is 7.90. The Morgan fingerprint density at radius 3 is 2.62 bits per heavy atom. The molecule has 0 atom stereocenters. The van der Waals surface area contributed by atoms with Crippen molar-refractivity contribution in [1.82, 2.24) is 4.90 Å². The zero-order valence-electron chi connectivity index (χ0n) is 18.5. The second-order valence-electron chi connectivity index (χ2n) is 7.65. The van der Waals surface area contributed by atoms with Gasteiger partial charge in [-0.15, -0.1) is 11.3 Å². The molecule has 0 bridgehead atoms. The summed E-state index contributed by atoms with van der Waals surface area (Å²) in [7, 11) is -1.54. The van der Waals surface area contributed by atoms with E-state index in [2.05, 4.69) is 4.99 Å². The number of halogens is 3. The van der Waals surface area contributed by atoms with E-state index in [0.717, 1.165) is 18.1 Å².